The first-order valence-electron chi connectivity index (χ1n) is 10.0. The second-order valence-corrected chi connectivity index (χ2v) is 7.23. The van der Waals surface area contributed by atoms with Gasteiger partial charge >= 0.3 is 5.97 Å². The van der Waals surface area contributed by atoms with Gasteiger partial charge in [-0.3, -0.25) is 0 Å². The number of unbranched alkanes of at least 4 members (excludes halogenated alkanes) is 2. The van der Waals surface area contributed by atoms with E-state index in [0.29, 0.717) is 18.1 Å². The first-order valence-corrected chi connectivity index (χ1v) is 10.0. The highest BCUT2D eigenvalue weighted by molar-refractivity contribution is 5.89. The Morgan fingerprint density at radius 2 is 1.85 bits per heavy atom. The Kier molecular flexibility index (Phi) is 9.28. The summed E-state index contributed by atoms with van der Waals surface area (Å²) >= 11 is 0. The third kappa shape index (κ3) is 6.84. The van der Waals surface area contributed by atoms with Gasteiger partial charge in [0.15, 0.2) is 0 Å². The van der Waals surface area contributed by atoms with Crippen molar-refractivity contribution in [2.45, 2.75) is 64.2 Å². The Bertz CT molecular complexity index is 562. The highest BCUT2D eigenvalue weighted by Crippen LogP contribution is 2.37. The van der Waals surface area contributed by atoms with Gasteiger partial charge in [-0.25, -0.2) is 4.79 Å². The highest BCUT2D eigenvalue weighted by Gasteiger charge is 2.22. The summed E-state index contributed by atoms with van der Waals surface area (Å²) in [4.78, 5) is 12.0. The van der Waals surface area contributed by atoms with E-state index in [4.69, 9.17) is 15.9 Å². The predicted octanol–water partition coefficient (Wildman–Crippen LogP) is 5.35. The van der Waals surface area contributed by atoms with E-state index in [1.807, 2.05) is 12.1 Å². The van der Waals surface area contributed by atoms with E-state index in [9.17, 15) is 4.79 Å². The standard InChI is InChI=1S/C23H32O3/c1-3-5-6-7-19-8-10-20(11-9-19)21-12-14-22(15-13-21)23(24)26-18-17-25-16-4-2/h2,12-15,19-20H,3,5-11,16-18H2,1H3. The molecule has 0 heterocycles. The highest BCUT2D eigenvalue weighted by atomic mass is 16.6. The molecule has 26 heavy (non-hydrogen) atoms. The zero-order valence-electron chi connectivity index (χ0n) is 16.0. The van der Waals surface area contributed by atoms with E-state index in [1.165, 1.54) is 56.9 Å². The van der Waals surface area contributed by atoms with Crippen molar-refractivity contribution in [1.29, 1.82) is 0 Å². The molecule has 0 bridgehead atoms. The number of esters is 1. The van der Waals surface area contributed by atoms with Crippen LogP contribution in [0.1, 0.15) is 80.1 Å². The SMILES string of the molecule is C#CCOCCOC(=O)c1ccc(C2CCC(CCCCC)CC2)cc1. The number of carbonyl (C=O) groups is 1. The fraction of sp³-hybridized carbons (Fsp3) is 0.609. The second kappa shape index (κ2) is 11.8. The molecule has 2 rings (SSSR count). The van der Waals surface area contributed by atoms with E-state index >= 15 is 0 Å². The van der Waals surface area contributed by atoms with Crippen molar-refractivity contribution >= 4 is 5.97 Å². The molecule has 142 valence electrons. The smallest absolute Gasteiger partial charge is 0.338 e. The van der Waals surface area contributed by atoms with Gasteiger partial charge in [0.2, 0.25) is 0 Å². The zero-order valence-corrected chi connectivity index (χ0v) is 16.0. The minimum Gasteiger partial charge on any atom is -0.460 e. The quantitative estimate of drug-likeness (QED) is 0.322. The third-order valence-corrected chi connectivity index (χ3v) is 5.33. The molecule has 0 saturated heterocycles. The molecule has 1 aromatic carbocycles. The number of hydrogen-bond acceptors (Lipinski definition) is 3. The van der Waals surface area contributed by atoms with Crippen molar-refractivity contribution in [2.24, 2.45) is 5.92 Å². The molecule has 1 fully saturated rings. The van der Waals surface area contributed by atoms with Crippen molar-refractivity contribution in [1.82, 2.24) is 0 Å². The van der Waals surface area contributed by atoms with Crippen molar-refractivity contribution in [3.63, 3.8) is 0 Å². The number of hydrogen-bond donors (Lipinski definition) is 0. The first-order chi connectivity index (χ1) is 12.7. The molecule has 0 aliphatic heterocycles. The van der Waals surface area contributed by atoms with E-state index in [0.717, 1.165) is 5.92 Å². The van der Waals surface area contributed by atoms with Gasteiger partial charge in [0.1, 0.15) is 13.2 Å². The topological polar surface area (TPSA) is 35.5 Å². The minimum atomic E-state index is -0.305. The minimum absolute atomic E-state index is 0.226. The maximum Gasteiger partial charge on any atom is 0.338 e. The summed E-state index contributed by atoms with van der Waals surface area (Å²) in [7, 11) is 0. The predicted molar refractivity (Wildman–Crippen MR) is 105 cm³/mol. The number of terminal acetylenes is 1. The van der Waals surface area contributed by atoms with Gasteiger partial charge in [0, 0.05) is 0 Å². The molecule has 1 saturated carbocycles. The van der Waals surface area contributed by atoms with Crippen LogP contribution >= 0.6 is 0 Å². The van der Waals surface area contributed by atoms with Crippen LogP contribution in [-0.4, -0.2) is 25.8 Å². The van der Waals surface area contributed by atoms with Crippen molar-refractivity contribution in [3.05, 3.63) is 35.4 Å². The third-order valence-electron chi connectivity index (χ3n) is 5.33. The van der Waals surface area contributed by atoms with Crippen LogP contribution in [0.2, 0.25) is 0 Å². The monoisotopic (exact) mass is 356 g/mol. The molecule has 3 heteroatoms. The normalized spacial score (nSPS) is 19.7. The summed E-state index contributed by atoms with van der Waals surface area (Å²) in [6.07, 6.45) is 15.8. The Balaban J connectivity index is 1.73. The largest absolute Gasteiger partial charge is 0.460 e. The molecule has 3 nitrogen and oxygen atoms in total. The van der Waals surface area contributed by atoms with Crippen LogP contribution < -0.4 is 0 Å². The Morgan fingerprint density at radius 1 is 1.12 bits per heavy atom. The average Bonchev–Trinajstić information content (AvgIpc) is 2.68. The molecular weight excluding hydrogens is 324 g/mol. The lowest BCUT2D eigenvalue weighted by Crippen LogP contribution is -2.14. The molecular formula is C23H32O3. The first kappa shape index (κ1) is 20.5. The van der Waals surface area contributed by atoms with Gasteiger partial charge in [-0.1, -0.05) is 50.7 Å². The van der Waals surface area contributed by atoms with Crippen molar-refractivity contribution < 1.29 is 14.3 Å². The van der Waals surface area contributed by atoms with Crippen LogP contribution in [0.3, 0.4) is 0 Å². The van der Waals surface area contributed by atoms with Gasteiger partial charge in [0.05, 0.1) is 12.2 Å². The van der Waals surface area contributed by atoms with Gasteiger partial charge in [-0.05, 0) is 55.2 Å². The molecule has 0 N–H and O–H groups in total. The molecule has 0 atom stereocenters. The number of ether oxygens (including phenoxy) is 2. The fourth-order valence-corrected chi connectivity index (χ4v) is 3.77. The van der Waals surface area contributed by atoms with E-state index in [2.05, 4.69) is 25.0 Å². The molecule has 1 aromatic rings. The summed E-state index contributed by atoms with van der Waals surface area (Å²) in [6, 6.07) is 7.95. The van der Waals surface area contributed by atoms with Gasteiger partial charge in [-0.2, -0.15) is 0 Å². The van der Waals surface area contributed by atoms with Crippen LogP contribution in [0, 0.1) is 18.3 Å². The molecule has 0 aromatic heterocycles. The molecule has 1 aliphatic carbocycles. The number of benzene rings is 1. The number of rotatable bonds is 10. The maximum absolute atomic E-state index is 12.0. The summed E-state index contributed by atoms with van der Waals surface area (Å²) in [5.74, 6) is 3.63. The van der Waals surface area contributed by atoms with E-state index < -0.39 is 0 Å². The molecule has 0 radical (unpaired) electrons. The zero-order chi connectivity index (χ0) is 18.6. The van der Waals surface area contributed by atoms with Gasteiger partial charge < -0.3 is 9.47 Å². The summed E-state index contributed by atoms with van der Waals surface area (Å²) < 4.78 is 10.3. The molecule has 0 spiro atoms. The fourth-order valence-electron chi connectivity index (χ4n) is 3.77. The Morgan fingerprint density at radius 3 is 2.50 bits per heavy atom. The lowest BCUT2D eigenvalue weighted by molar-refractivity contribution is 0.0359. The van der Waals surface area contributed by atoms with Crippen LogP contribution in [-0.2, 0) is 9.47 Å². The summed E-state index contributed by atoms with van der Waals surface area (Å²) in [5.41, 5.74) is 1.95. The van der Waals surface area contributed by atoms with Crippen molar-refractivity contribution in [3.8, 4) is 12.3 Å². The van der Waals surface area contributed by atoms with Crippen LogP contribution in [0.25, 0.3) is 0 Å². The molecule has 0 unspecified atom stereocenters. The Labute approximate surface area is 158 Å². The summed E-state index contributed by atoms with van der Waals surface area (Å²) in [5, 5.41) is 0. The van der Waals surface area contributed by atoms with Crippen LogP contribution in [0.4, 0.5) is 0 Å². The van der Waals surface area contributed by atoms with E-state index in [1.54, 1.807) is 0 Å². The molecule has 0 amide bonds. The van der Waals surface area contributed by atoms with Crippen LogP contribution in [0.5, 0.6) is 0 Å². The van der Waals surface area contributed by atoms with Crippen molar-refractivity contribution in [2.75, 3.05) is 19.8 Å². The van der Waals surface area contributed by atoms with E-state index in [-0.39, 0.29) is 19.2 Å². The summed E-state index contributed by atoms with van der Waals surface area (Å²) in [6.45, 7) is 3.07. The maximum atomic E-state index is 12.0. The molecule has 1 aliphatic rings. The average molecular weight is 357 g/mol. The van der Waals surface area contributed by atoms with Gasteiger partial charge in [-0.15, -0.1) is 6.42 Å². The lowest BCUT2D eigenvalue weighted by Gasteiger charge is -2.29. The van der Waals surface area contributed by atoms with Gasteiger partial charge in [0.25, 0.3) is 0 Å². The second-order valence-electron chi connectivity index (χ2n) is 7.23. The van der Waals surface area contributed by atoms with Crippen LogP contribution in [0.15, 0.2) is 24.3 Å². The lowest BCUT2D eigenvalue weighted by atomic mass is 9.77. The Hall–Kier alpha value is -1.79. The number of carbonyl (C=O) groups excluding carboxylic acids is 1.